The summed E-state index contributed by atoms with van der Waals surface area (Å²) in [7, 11) is 1.55. The molecule has 0 aliphatic heterocycles. The first-order chi connectivity index (χ1) is 12.9. The number of nitrogens with one attached hydrogen (secondary N) is 1. The molecule has 0 heterocycles. The fraction of sp³-hybridized carbons (Fsp3) is 0.222. The minimum atomic E-state index is -0.466. The lowest BCUT2D eigenvalue weighted by Gasteiger charge is -2.09. The monoisotopic (exact) mass is 430 g/mol. The highest BCUT2D eigenvalue weighted by molar-refractivity contribution is 6.43. The third-order valence-corrected chi connectivity index (χ3v) is 4.24. The van der Waals surface area contributed by atoms with Crippen LogP contribution in [0.2, 0.25) is 15.1 Å². The quantitative estimate of drug-likeness (QED) is 0.377. The molecule has 144 valence electrons. The van der Waals surface area contributed by atoms with Crippen LogP contribution in [0.15, 0.2) is 35.4 Å². The second-order valence-corrected chi connectivity index (χ2v) is 6.34. The third kappa shape index (κ3) is 6.20. The van der Waals surface area contributed by atoms with Crippen LogP contribution in [-0.4, -0.2) is 32.4 Å². The average molecular weight is 432 g/mol. The molecule has 0 saturated heterocycles. The lowest BCUT2D eigenvalue weighted by atomic mass is 10.2. The summed E-state index contributed by atoms with van der Waals surface area (Å²) in [6, 6.07) is 8.17. The van der Waals surface area contributed by atoms with E-state index in [0.717, 1.165) is 5.56 Å². The molecule has 0 atom stereocenters. The fourth-order valence-electron chi connectivity index (χ4n) is 2.01. The van der Waals surface area contributed by atoms with Crippen LogP contribution in [0.25, 0.3) is 0 Å². The normalized spacial score (nSPS) is 10.7. The lowest BCUT2D eigenvalue weighted by molar-refractivity contribution is -0.123. The Hall–Kier alpha value is -2.15. The maximum Gasteiger partial charge on any atom is 0.277 e. The molecule has 0 saturated carbocycles. The Balaban J connectivity index is 1.91. The van der Waals surface area contributed by atoms with Crippen LogP contribution in [0.1, 0.15) is 12.5 Å². The molecule has 1 amide bonds. The molecule has 0 aromatic heterocycles. The summed E-state index contributed by atoms with van der Waals surface area (Å²) in [5.41, 5.74) is 3.08. The highest BCUT2D eigenvalue weighted by Gasteiger charge is 2.09. The van der Waals surface area contributed by atoms with Gasteiger partial charge in [-0.15, -0.1) is 0 Å². The van der Waals surface area contributed by atoms with E-state index < -0.39 is 5.91 Å². The predicted octanol–water partition coefficient (Wildman–Crippen LogP) is 4.58. The van der Waals surface area contributed by atoms with Crippen molar-refractivity contribution in [2.75, 3.05) is 20.3 Å². The molecule has 1 N–H and O–H groups in total. The fourth-order valence-corrected chi connectivity index (χ4v) is 2.60. The topological polar surface area (TPSA) is 69.2 Å². The highest BCUT2D eigenvalue weighted by Crippen LogP contribution is 2.33. The maximum absolute atomic E-state index is 11.8. The van der Waals surface area contributed by atoms with E-state index in [-0.39, 0.29) is 22.4 Å². The first kappa shape index (κ1) is 21.2. The van der Waals surface area contributed by atoms with Crippen LogP contribution in [0.5, 0.6) is 17.2 Å². The molecule has 9 heteroatoms. The summed E-state index contributed by atoms with van der Waals surface area (Å²) in [5, 5.41) is 4.71. The highest BCUT2D eigenvalue weighted by atomic mass is 35.5. The van der Waals surface area contributed by atoms with Crippen molar-refractivity contribution in [3.63, 3.8) is 0 Å². The van der Waals surface area contributed by atoms with Gasteiger partial charge in [0.05, 0.1) is 35.0 Å². The van der Waals surface area contributed by atoms with Gasteiger partial charge in [-0.05, 0) is 36.8 Å². The number of benzene rings is 2. The summed E-state index contributed by atoms with van der Waals surface area (Å²) in [6.07, 6.45) is 1.47. The van der Waals surface area contributed by atoms with Crippen molar-refractivity contribution in [1.29, 1.82) is 0 Å². The number of amides is 1. The number of rotatable bonds is 8. The van der Waals surface area contributed by atoms with Gasteiger partial charge in [0.1, 0.15) is 5.75 Å². The summed E-state index contributed by atoms with van der Waals surface area (Å²) in [5.74, 6) is 0.991. The van der Waals surface area contributed by atoms with Crippen molar-refractivity contribution >= 4 is 46.9 Å². The average Bonchev–Trinajstić information content (AvgIpc) is 2.65. The molecule has 0 fully saturated rings. The Kier molecular flexibility index (Phi) is 8.03. The van der Waals surface area contributed by atoms with E-state index in [1.165, 1.54) is 18.3 Å². The standard InChI is InChI=1S/C18H17Cl3N2O4/c1-3-26-15-5-4-11(6-17(15)25-2)9-22-23-18(24)10-27-16-8-13(20)12(19)7-14(16)21/h4-9H,3,10H2,1-2H3,(H,23,24)/b22-9+. The van der Waals surface area contributed by atoms with Crippen LogP contribution in [0.3, 0.4) is 0 Å². The number of ether oxygens (including phenoxy) is 3. The van der Waals surface area contributed by atoms with Crippen molar-refractivity contribution < 1.29 is 19.0 Å². The molecule has 0 unspecified atom stereocenters. The van der Waals surface area contributed by atoms with Gasteiger partial charge in [0, 0.05) is 6.07 Å². The Morgan fingerprint density at radius 3 is 2.48 bits per heavy atom. The van der Waals surface area contributed by atoms with E-state index >= 15 is 0 Å². The van der Waals surface area contributed by atoms with Crippen LogP contribution in [0, 0.1) is 0 Å². The van der Waals surface area contributed by atoms with Crippen molar-refractivity contribution in [2.24, 2.45) is 5.10 Å². The van der Waals surface area contributed by atoms with Gasteiger partial charge in [0.15, 0.2) is 18.1 Å². The Morgan fingerprint density at radius 1 is 1.04 bits per heavy atom. The minimum absolute atomic E-state index is 0.251. The number of carbonyl (C=O) groups is 1. The van der Waals surface area contributed by atoms with Gasteiger partial charge < -0.3 is 14.2 Å². The van der Waals surface area contributed by atoms with Gasteiger partial charge >= 0.3 is 0 Å². The molecule has 2 aromatic rings. The maximum atomic E-state index is 11.8. The molecular weight excluding hydrogens is 415 g/mol. The van der Waals surface area contributed by atoms with Gasteiger partial charge in [-0.3, -0.25) is 4.79 Å². The van der Waals surface area contributed by atoms with E-state index in [1.54, 1.807) is 25.3 Å². The zero-order chi connectivity index (χ0) is 19.8. The Morgan fingerprint density at radius 2 is 1.78 bits per heavy atom. The number of methoxy groups -OCH3 is 1. The zero-order valence-corrected chi connectivity index (χ0v) is 16.9. The summed E-state index contributed by atoms with van der Waals surface area (Å²) >= 11 is 17.7. The summed E-state index contributed by atoms with van der Waals surface area (Å²) < 4.78 is 16.0. The summed E-state index contributed by atoms with van der Waals surface area (Å²) in [6.45, 7) is 2.13. The molecule has 0 aliphatic carbocycles. The molecular formula is C18H17Cl3N2O4. The van der Waals surface area contributed by atoms with E-state index in [2.05, 4.69) is 10.5 Å². The minimum Gasteiger partial charge on any atom is -0.493 e. The zero-order valence-electron chi connectivity index (χ0n) is 14.6. The van der Waals surface area contributed by atoms with Gasteiger partial charge in [-0.2, -0.15) is 5.10 Å². The molecule has 0 aliphatic rings. The molecule has 0 bridgehead atoms. The molecule has 0 radical (unpaired) electrons. The van der Waals surface area contributed by atoms with Gasteiger partial charge in [0.2, 0.25) is 0 Å². The number of nitrogens with zero attached hydrogens (tertiary/aromatic N) is 1. The Bertz CT molecular complexity index is 844. The predicted molar refractivity (Wildman–Crippen MR) is 107 cm³/mol. The third-order valence-electron chi connectivity index (χ3n) is 3.22. The van der Waals surface area contributed by atoms with Crippen LogP contribution >= 0.6 is 34.8 Å². The smallest absolute Gasteiger partial charge is 0.277 e. The Labute approximate surface area is 172 Å². The second kappa shape index (κ2) is 10.3. The first-order valence-corrected chi connectivity index (χ1v) is 8.98. The molecule has 2 rings (SSSR count). The van der Waals surface area contributed by atoms with E-state index in [1.807, 2.05) is 6.92 Å². The first-order valence-electron chi connectivity index (χ1n) is 7.84. The van der Waals surface area contributed by atoms with Crippen molar-refractivity contribution in [2.45, 2.75) is 6.92 Å². The van der Waals surface area contributed by atoms with E-state index in [9.17, 15) is 4.79 Å². The van der Waals surface area contributed by atoms with Gasteiger partial charge in [0.25, 0.3) is 5.91 Å². The molecule has 27 heavy (non-hydrogen) atoms. The van der Waals surface area contributed by atoms with Gasteiger partial charge in [-0.1, -0.05) is 34.8 Å². The van der Waals surface area contributed by atoms with Crippen LogP contribution in [0.4, 0.5) is 0 Å². The second-order valence-electron chi connectivity index (χ2n) is 5.12. The van der Waals surface area contributed by atoms with E-state index in [4.69, 9.17) is 49.0 Å². The molecule has 0 spiro atoms. The van der Waals surface area contributed by atoms with Crippen LogP contribution in [-0.2, 0) is 4.79 Å². The van der Waals surface area contributed by atoms with Crippen LogP contribution < -0.4 is 19.6 Å². The molecule has 6 nitrogen and oxygen atoms in total. The number of halogens is 3. The van der Waals surface area contributed by atoms with Gasteiger partial charge in [-0.25, -0.2) is 5.43 Å². The summed E-state index contributed by atoms with van der Waals surface area (Å²) in [4.78, 5) is 11.8. The SMILES string of the molecule is CCOc1ccc(/C=N/NC(=O)COc2cc(Cl)c(Cl)cc2Cl)cc1OC. The number of carbonyl (C=O) groups excluding carboxylic acids is 1. The number of hydrogen-bond donors (Lipinski definition) is 1. The number of hydrogen-bond acceptors (Lipinski definition) is 5. The van der Waals surface area contributed by atoms with E-state index in [0.29, 0.717) is 23.1 Å². The largest absolute Gasteiger partial charge is 0.493 e. The molecule has 2 aromatic carbocycles. The van der Waals surface area contributed by atoms with Crippen molar-refractivity contribution in [3.05, 3.63) is 51.0 Å². The lowest BCUT2D eigenvalue weighted by Crippen LogP contribution is -2.24. The number of hydrazone groups is 1. The van der Waals surface area contributed by atoms with Crippen molar-refractivity contribution in [1.82, 2.24) is 5.43 Å². The van der Waals surface area contributed by atoms with Crippen molar-refractivity contribution in [3.8, 4) is 17.2 Å².